The monoisotopic (exact) mass is 320 g/mol. The Bertz CT molecular complexity index is 527. The fourth-order valence-corrected chi connectivity index (χ4v) is 7.40. The highest BCUT2D eigenvalue weighted by Crippen LogP contribution is 2.67. The number of aliphatic hydroxyl groups excluding tert-OH is 1. The molecule has 1 unspecified atom stereocenters. The molecule has 0 saturated heterocycles. The molecule has 2 N–H and O–H groups in total. The lowest BCUT2D eigenvalue weighted by molar-refractivity contribution is -0.159. The van der Waals surface area contributed by atoms with Gasteiger partial charge in [-0.2, -0.15) is 0 Å². The SMILES string of the molecule is C[C@]12CCC(=O)CC1CC[C@H]1[C@@H]3[C@@H](O)C[C@](C)(O)[C@@]3(C)CC[C@@H]12. The van der Waals surface area contributed by atoms with E-state index in [2.05, 4.69) is 13.8 Å². The molecule has 3 heteroatoms. The molecular formula is C20H32O3. The van der Waals surface area contributed by atoms with Crippen LogP contribution in [0.5, 0.6) is 0 Å². The molecule has 0 aromatic heterocycles. The van der Waals surface area contributed by atoms with Crippen molar-refractivity contribution < 1.29 is 15.0 Å². The van der Waals surface area contributed by atoms with Gasteiger partial charge in [0.1, 0.15) is 5.78 Å². The van der Waals surface area contributed by atoms with Crippen LogP contribution in [0.3, 0.4) is 0 Å². The quantitative estimate of drug-likeness (QED) is 0.720. The summed E-state index contributed by atoms with van der Waals surface area (Å²) in [4.78, 5) is 11.9. The number of Topliss-reactive ketones (excluding diaryl/α,β-unsaturated/α-hetero) is 1. The van der Waals surface area contributed by atoms with Gasteiger partial charge in [0, 0.05) is 24.7 Å². The topological polar surface area (TPSA) is 57.5 Å². The molecule has 4 saturated carbocycles. The van der Waals surface area contributed by atoms with Crippen molar-refractivity contribution in [1.29, 1.82) is 0 Å². The Hall–Kier alpha value is -0.410. The number of rotatable bonds is 0. The fourth-order valence-electron chi connectivity index (χ4n) is 7.40. The zero-order chi connectivity index (χ0) is 16.6. The maximum absolute atomic E-state index is 11.9. The minimum Gasteiger partial charge on any atom is -0.393 e. The summed E-state index contributed by atoms with van der Waals surface area (Å²) in [7, 11) is 0. The van der Waals surface area contributed by atoms with Gasteiger partial charge >= 0.3 is 0 Å². The van der Waals surface area contributed by atoms with E-state index in [1.54, 1.807) is 0 Å². The molecule has 0 heterocycles. The fraction of sp³-hybridized carbons (Fsp3) is 0.950. The number of hydrogen-bond donors (Lipinski definition) is 2. The average Bonchev–Trinajstić information content (AvgIpc) is 2.65. The van der Waals surface area contributed by atoms with Crippen LogP contribution in [0.25, 0.3) is 0 Å². The molecule has 0 aliphatic heterocycles. The van der Waals surface area contributed by atoms with Gasteiger partial charge in [-0.15, -0.1) is 0 Å². The summed E-state index contributed by atoms with van der Waals surface area (Å²) in [5.74, 6) is 2.37. The number of fused-ring (bicyclic) bond motifs is 5. The first-order valence-corrected chi connectivity index (χ1v) is 9.61. The summed E-state index contributed by atoms with van der Waals surface area (Å²) < 4.78 is 0. The zero-order valence-electron chi connectivity index (χ0n) is 14.8. The Morgan fingerprint density at radius 1 is 1.09 bits per heavy atom. The van der Waals surface area contributed by atoms with E-state index in [-0.39, 0.29) is 22.9 Å². The van der Waals surface area contributed by atoms with Crippen LogP contribution in [-0.2, 0) is 4.79 Å². The predicted molar refractivity (Wildman–Crippen MR) is 88.7 cm³/mol. The first-order valence-electron chi connectivity index (χ1n) is 9.61. The highest BCUT2D eigenvalue weighted by Gasteiger charge is 2.66. The first-order chi connectivity index (χ1) is 10.7. The summed E-state index contributed by atoms with van der Waals surface area (Å²) in [5, 5.41) is 21.7. The van der Waals surface area contributed by atoms with E-state index in [9.17, 15) is 15.0 Å². The van der Waals surface area contributed by atoms with Crippen LogP contribution in [0.4, 0.5) is 0 Å². The first kappa shape index (κ1) is 16.1. The second-order valence-corrected chi connectivity index (χ2v) is 9.82. The molecule has 0 amide bonds. The van der Waals surface area contributed by atoms with Gasteiger partial charge in [-0.1, -0.05) is 13.8 Å². The van der Waals surface area contributed by atoms with E-state index >= 15 is 0 Å². The Morgan fingerprint density at radius 3 is 2.57 bits per heavy atom. The number of ketones is 1. The van der Waals surface area contributed by atoms with Crippen LogP contribution >= 0.6 is 0 Å². The summed E-state index contributed by atoms with van der Waals surface area (Å²) in [6.45, 7) is 6.56. The van der Waals surface area contributed by atoms with Crippen LogP contribution in [0, 0.1) is 34.5 Å². The maximum atomic E-state index is 11.9. The molecule has 0 bridgehead atoms. The van der Waals surface area contributed by atoms with E-state index < -0.39 is 5.60 Å². The molecule has 4 fully saturated rings. The normalized spacial score (nSPS) is 59.2. The number of hydrogen-bond acceptors (Lipinski definition) is 3. The Kier molecular flexibility index (Phi) is 3.37. The minimum absolute atomic E-state index is 0.152. The number of carbonyl (C=O) groups excluding carboxylic acids is 1. The molecule has 0 aromatic carbocycles. The molecule has 4 aliphatic rings. The summed E-state index contributed by atoms with van der Waals surface area (Å²) in [6.07, 6.45) is 7.15. The van der Waals surface area contributed by atoms with Crippen LogP contribution in [0.2, 0.25) is 0 Å². The van der Waals surface area contributed by atoms with Crippen molar-refractivity contribution >= 4 is 5.78 Å². The van der Waals surface area contributed by atoms with E-state index in [0.717, 1.165) is 44.9 Å². The number of aliphatic hydroxyl groups is 2. The van der Waals surface area contributed by atoms with Gasteiger partial charge in [-0.25, -0.2) is 0 Å². The summed E-state index contributed by atoms with van der Waals surface area (Å²) >= 11 is 0. The molecule has 0 radical (unpaired) electrons. The molecule has 0 aromatic rings. The van der Waals surface area contributed by atoms with E-state index in [4.69, 9.17) is 0 Å². The molecule has 3 nitrogen and oxygen atoms in total. The third kappa shape index (κ3) is 1.99. The largest absolute Gasteiger partial charge is 0.393 e. The van der Waals surface area contributed by atoms with Crippen molar-refractivity contribution in [3.63, 3.8) is 0 Å². The van der Waals surface area contributed by atoms with Crippen molar-refractivity contribution in [1.82, 2.24) is 0 Å². The smallest absolute Gasteiger partial charge is 0.133 e. The predicted octanol–water partition coefficient (Wildman–Crippen LogP) is 3.32. The Morgan fingerprint density at radius 2 is 1.83 bits per heavy atom. The van der Waals surface area contributed by atoms with Gasteiger partial charge in [0.15, 0.2) is 0 Å². The molecule has 23 heavy (non-hydrogen) atoms. The summed E-state index contributed by atoms with van der Waals surface area (Å²) in [5.41, 5.74) is -0.629. The van der Waals surface area contributed by atoms with E-state index in [1.807, 2.05) is 6.92 Å². The standard InChI is InChI=1S/C20H32O3/c1-18-8-6-13(21)10-12(18)4-5-14-15(18)7-9-19(2)17(14)16(22)11-20(19,3)23/h12,14-17,22-23H,4-11H2,1-3H3/t12?,14-,15+,16+,17-,18+,19+,20+/m1/s1. The van der Waals surface area contributed by atoms with Crippen LogP contribution in [0.1, 0.15) is 72.1 Å². The third-order valence-corrected chi connectivity index (χ3v) is 8.98. The third-order valence-electron chi connectivity index (χ3n) is 8.98. The molecular weight excluding hydrogens is 288 g/mol. The van der Waals surface area contributed by atoms with E-state index in [0.29, 0.717) is 30.0 Å². The molecule has 130 valence electrons. The van der Waals surface area contributed by atoms with Gasteiger partial charge in [0.25, 0.3) is 0 Å². The van der Waals surface area contributed by atoms with Crippen molar-refractivity contribution in [3.8, 4) is 0 Å². The second-order valence-electron chi connectivity index (χ2n) is 9.82. The van der Waals surface area contributed by atoms with Gasteiger partial charge in [0.2, 0.25) is 0 Å². The zero-order valence-corrected chi connectivity index (χ0v) is 14.8. The van der Waals surface area contributed by atoms with Gasteiger partial charge in [0.05, 0.1) is 11.7 Å². The highest BCUT2D eigenvalue weighted by atomic mass is 16.3. The second kappa shape index (κ2) is 4.82. The van der Waals surface area contributed by atoms with Gasteiger partial charge in [-0.3, -0.25) is 4.79 Å². The molecule has 4 aliphatic carbocycles. The Balaban J connectivity index is 1.68. The Labute approximate surface area is 139 Å². The van der Waals surface area contributed by atoms with Crippen molar-refractivity contribution in [2.45, 2.75) is 83.8 Å². The average molecular weight is 320 g/mol. The van der Waals surface area contributed by atoms with Crippen LogP contribution in [-0.4, -0.2) is 27.7 Å². The summed E-state index contributed by atoms with van der Waals surface area (Å²) in [6, 6.07) is 0. The maximum Gasteiger partial charge on any atom is 0.133 e. The lowest BCUT2D eigenvalue weighted by Crippen LogP contribution is -2.56. The molecule has 8 atom stereocenters. The van der Waals surface area contributed by atoms with Gasteiger partial charge in [-0.05, 0) is 68.1 Å². The minimum atomic E-state index is -0.748. The van der Waals surface area contributed by atoms with E-state index in [1.165, 1.54) is 0 Å². The number of carbonyl (C=O) groups is 1. The lowest BCUT2D eigenvalue weighted by atomic mass is 9.44. The van der Waals surface area contributed by atoms with Crippen molar-refractivity contribution in [2.24, 2.45) is 34.5 Å². The highest BCUT2D eigenvalue weighted by molar-refractivity contribution is 5.79. The molecule has 0 spiro atoms. The van der Waals surface area contributed by atoms with Crippen LogP contribution < -0.4 is 0 Å². The van der Waals surface area contributed by atoms with Gasteiger partial charge < -0.3 is 10.2 Å². The molecule has 4 rings (SSSR count). The van der Waals surface area contributed by atoms with Crippen molar-refractivity contribution in [2.75, 3.05) is 0 Å². The van der Waals surface area contributed by atoms with Crippen LogP contribution in [0.15, 0.2) is 0 Å². The van der Waals surface area contributed by atoms with Crippen molar-refractivity contribution in [3.05, 3.63) is 0 Å². The lowest BCUT2D eigenvalue weighted by Gasteiger charge is -2.61.